The number of benzene rings is 2. The summed E-state index contributed by atoms with van der Waals surface area (Å²) in [4.78, 5) is 38.3. The fraction of sp³-hybridized carbons (Fsp3) is 0.348. The molecule has 1 aliphatic heterocycles. The number of rotatable bonds is 3. The number of amides is 3. The van der Waals surface area contributed by atoms with Gasteiger partial charge in [0, 0.05) is 18.7 Å². The number of hydrogen-bond donors (Lipinski definition) is 1. The van der Waals surface area contributed by atoms with Gasteiger partial charge in [-0.25, -0.2) is 0 Å². The lowest BCUT2D eigenvalue weighted by atomic mass is 9.75. The number of nitrogens with zero attached hydrogens (tertiary/aromatic N) is 1. The molecule has 1 heterocycles. The van der Waals surface area contributed by atoms with Crippen LogP contribution in [0.3, 0.4) is 0 Å². The fourth-order valence-electron chi connectivity index (χ4n) is 4.32. The maximum Gasteiger partial charge on any atom is 0.232 e. The van der Waals surface area contributed by atoms with Crippen LogP contribution in [0, 0.1) is 24.7 Å². The largest absolute Gasteiger partial charge is 0.326 e. The summed E-state index contributed by atoms with van der Waals surface area (Å²) in [5, 5.41) is 2.97. The first kappa shape index (κ1) is 18.4. The van der Waals surface area contributed by atoms with Gasteiger partial charge in [-0.3, -0.25) is 19.3 Å². The smallest absolute Gasteiger partial charge is 0.232 e. The molecule has 0 aromatic heterocycles. The maximum atomic E-state index is 12.7. The molecule has 3 atom stereocenters. The van der Waals surface area contributed by atoms with Crippen LogP contribution in [-0.2, 0) is 14.4 Å². The molecule has 5 heteroatoms. The molecule has 28 heavy (non-hydrogen) atoms. The second-order valence-electron chi connectivity index (χ2n) is 7.89. The number of carbonyl (C=O) groups is 3. The zero-order valence-corrected chi connectivity index (χ0v) is 16.1. The second-order valence-corrected chi connectivity index (χ2v) is 7.89. The Morgan fingerprint density at radius 2 is 1.46 bits per heavy atom. The summed E-state index contributed by atoms with van der Waals surface area (Å²) in [6.45, 7) is 2.06. The van der Waals surface area contributed by atoms with Crippen molar-refractivity contribution in [3.63, 3.8) is 0 Å². The molecule has 144 valence electrons. The molecule has 0 bridgehead atoms. The highest BCUT2D eigenvalue weighted by atomic mass is 16.2. The molecule has 5 nitrogen and oxygen atoms in total. The molecular weight excluding hydrogens is 352 g/mol. The third-order valence-corrected chi connectivity index (χ3v) is 6.05. The van der Waals surface area contributed by atoms with E-state index in [1.807, 2.05) is 24.3 Å². The van der Waals surface area contributed by atoms with Crippen LogP contribution in [0.2, 0.25) is 0 Å². The predicted molar refractivity (Wildman–Crippen MR) is 107 cm³/mol. The Balaban J connectivity index is 1.41. The van der Waals surface area contributed by atoms with Crippen LogP contribution in [0.15, 0.2) is 48.5 Å². The summed E-state index contributed by atoms with van der Waals surface area (Å²) >= 11 is 0. The van der Waals surface area contributed by atoms with Crippen LogP contribution < -0.4 is 5.32 Å². The van der Waals surface area contributed by atoms with Crippen LogP contribution in [0.25, 0.3) is 11.1 Å². The minimum absolute atomic E-state index is 0.0728. The lowest BCUT2D eigenvalue weighted by molar-refractivity contribution is -0.138. The Hall–Kier alpha value is -2.95. The molecule has 2 aliphatic rings. The molecule has 3 unspecified atom stereocenters. The molecule has 3 amide bonds. The first-order valence-corrected chi connectivity index (χ1v) is 9.73. The highest BCUT2D eigenvalue weighted by molar-refractivity contribution is 6.05. The summed E-state index contributed by atoms with van der Waals surface area (Å²) in [5.74, 6) is -1.13. The SMILES string of the molecule is Cc1ccc(-c2ccc(NC(=O)C3CCC4C(=O)N(C)C(=O)C4C3)cc2)cc1. The summed E-state index contributed by atoms with van der Waals surface area (Å²) in [5.41, 5.74) is 4.19. The van der Waals surface area contributed by atoms with Gasteiger partial charge in [-0.15, -0.1) is 0 Å². The van der Waals surface area contributed by atoms with Crippen molar-refractivity contribution in [1.29, 1.82) is 0 Å². The van der Waals surface area contributed by atoms with Crippen molar-refractivity contribution in [1.82, 2.24) is 4.90 Å². The Bertz CT molecular complexity index is 918. The van der Waals surface area contributed by atoms with E-state index in [9.17, 15) is 14.4 Å². The van der Waals surface area contributed by atoms with Crippen LogP contribution >= 0.6 is 0 Å². The number of anilines is 1. The van der Waals surface area contributed by atoms with E-state index >= 15 is 0 Å². The van der Waals surface area contributed by atoms with Crippen molar-refractivity contribution in [3.05, 3.63) is 54.1 Å². The minimum Gasteiger partial charge on any atom is -0.326 e. The van der Waals surface area contributed by atoms with Crippen molar-refractivity contribution in [2.45, 2.75) is 26.2 Å². The molecule has 0 radical (unpaired) electrons. The van der Waals surface area contributed by atoms with E-state index in [1.165, 1.54) is 17.5 Å². The van der Waals surface area contributed by atoms with Gasteiger partial charge in [0.25, 0.3) is 0 Å². The average molecular weight is 376 g/mol. The molecule has 2 aromatic rings. The van der Waals surface area contributed by atoms with Crippen molar-refractivity contribution in [3.8, 4) is 11.1 Å². The van der Waals surface area contributed by atoms with E-state index in [1.54, 1.807) is 0 Å². The third-order valence-electron chi connectivity index (χ3n) is 6.05. The van der Waals surface area contributed by atoms with Crippen LogP contribution in [0.4, 0.5) is 5.69 Å². The van der Waals surface area contributed by atoms with Crippen molar-refractivity contribution < 1.29 is 14.4 Å². The molecule has 2 fully saturated rings. The number of aryl methyl sites for hydroxylation is 1. The van der Waals surface area contributed by atoms with E-state index in [0.29, 0.717) is 19.3 Å². The highest BCUT2D eigenvalue weighted by Crippen LogP contribution is 2.40. The molecule has 2 aromatic carbocycles. The molecule has 1 aliphatic carbocycles. The van der Waals surface area contributed by atoms with Crippen molar-refractivity contribution in [2.75, 3.05) is 12.4 Å². The van der Waals surface area contributed by atoms with Gasteiger partial charge in [0.05, 0.1) is 11.8 Å². The third kappa shape index (κ3) is 3.33. The monoisotopic (exact) mass is 376 g/mol. The second kappa shape index (κ2) is 7.23. The summed E-state index contributed by atoms with van der Waals surface area (Å²) in [6, 6.07) is 16.1. The lowest BCUT2D eigenvalue weighted by Gasteiger charge is -2.27. The number of carbonyl (C=O) groups excluding carboxylic acids is 3. The highest BCUT2D eigenvalue weighted by Gasteiger charge is 2.49. The Labute approximate surface area is 164 Å². The van der Waals surface area contributed by atoms with Gasteiger partial charge in [-0.05, 0) is 49.4 Å². The van der Waals surface area contributed by atoms with Crippen molar-refractivity contribution >= 4 is 23.4 Å². The number of nitrogens with one attached hydrogen (secondary N) is 1. The van der Waals surface area contributed by atoms with Gasteiger partial charge < -0.3 is 5.32 Å². The fourth-order valence-corrected chi connectivity index (χ4v) is 4.32. The zero-order chi connectivity index (χ0) is 19.8. The molecule has 1 saturated heterocycles. The summed E-state index contributed by atoms with van der Waals surface area (Å²) in [7, 11) is 1.54. The zero-order valence-electron chi connectivity index (χ0n) is 16.1. The standard InChI is InChI=1S/C23H24N2O3/c1-14-3-5-15(6-4-14)16-7-10-18(11-8-16)24-21(26)17-9-12-19-20(13-17)23(28)25(2)22(19)27/h3-8,10-11,17,19-20H,9,12-13H2,1-2H3,(H,24,26). The molecule has 0 spiro atoms. The normalized spacial score (nSPS) is 24.2. The van der Waals surface area contributed by atoms with Gasteiger partial charge in [-0.1, -0.05) is 42.0 Å². The average Bonchev–Trinajstić information content (AvgIpc) is 2.93. The topological polar surface area (TPSA) is 66.5 Å². The molecule has 1 saturated carbocycles. The van der Waals surface area contributed by atoms with Crippen LogP contribution in [-0.4, -0.2) is 29.7 Å². The van der Waals surface area contributed by atoms with E-state index in [-0.39, 0.29) is 35.5 Å². The lowest BCUT2D eigenvalue weighted by Crippen LogP contribution is -2.33. The molecule has 1 N–H and O–H groups in total. The quantitative estimate of drug-likeness (QED) is 0.832. The summed E-state index contributed by atoms with van der Waals surface area (Å²) < 4.78 is 0. The number of imide groups is 1. The minimum atomic E-state index is -0.342. The first-order chi connectivity index (χ1) is 13.4. The van der Waals surface area contributed by atoms with E-state index in [0.717, 1.165) is 16.8 Å². The molecule has 4 rings (SSSR count). The Morgan fingerprint density at radius 1 is 0.893 bits per heavy atom. The van der Waals surface area contributed by atoms with Gasteiger partial charge in [0.1, 0.15) is 0 Å². The molecular formula is C23H24N2O3. The van der Waals surface area contributed by atoms with E-state index < -0.39 is 0 Å². The van der Waals surface area contributed by atoms with E-state index in [2.05, 4.69) is 36.5 Å². The summed E-state index contributed by atoms with van der Waals surface area (Å²) in [6.07, 6.45) is 1.69. The number of fused-ring (bicyclic) bond motifs is 1. The maximum absolute atomic E-state index is 12.7. The predicted octanol–water partition coefficient (Wildman–Crippen LogP) is 3.63. The van der Waals surface area contributed by atoms with Gasteiger partial charge in [0.2, 0.25) is 17.7 Å². The first-order valence-electron chi connectivity index (χ1n) is 9.73. The van der Waals surface area contributed by atoms with Crippen LogP contribution in [0.1, 0.15) is 24.8 Å². The van der Waals surface area contributed by atoms with Crippen LogP contribution in [0.5, 0.6) is 0 Å². The van der Waals surface area contributed by atoms with Gasteiger partial charge in [-0.2, -0.15) is 0 Å². The van der Waals surface area contributed by atoms with Gasteiger partial charge >= 0.3 is 0 Å². The van der Waals surface area contributed by atoms with E-state index in [4.69, 9.17) is 0 Å². The Morgan fingerprint density at radius 3 is 2.11 bits per heavy atom. The Kier molecular flexibility index (Phi) is 4.75. The van der Waals surface area contributed by atoms with Gasteiger partial charge in [0.15, 0.2) is 0 Å². The number of hydrogen-bond acceptors (Lipinski definition) is 3. The van der Waals surface area contributed by atoms with Crippen molar-refractivity contribution in [2.24, 2.45) is 17.8 Å². The number of likely N-dealkylation sites (tertiary alicyclic amines) is 1.